The lowest BCUT2D eigenvalue weighted by Gasteiger charge is -2.17. The molecule has 5 nitrogen and oxygen atoms in total. The quantitative estimate of drug-likeness (QED) is 0.570. The van der Waals surface area contributed by atoms with E-state index in [0.717, 1.165) is 10.5 Å². The molecule has 0 bridgehead atoms. The molecule has 0 aliphatic carbocycles. The highest BCUT2D eigenvalue weighted by Crippen LogP contribution is 2.17. The van der Waals surface area contributed by atoms with E-state index in [1.807, 2.05) is 0 Å². The van der Waals surface area contributed by atoms with E-state index in [0.29, 0.717) is 11.1 Å². The molecule has 1 aromatic carbocycles. The van der Waals surface area contributed by atoms with Gasteiger partial charge in [0.2, 0.25) is 10.3 Å². The number of benzene rings is 1. The number of hydrogen-bond donors (Lipinski definition) is 0. The average Bonchev–Trinajstić information content (AvgIpc) is 2.27. The molecule has 0 saturated heterocycles. The van der Waals surface area contributed by atoms with Gasteiger partial charge in [0, 0.05) is 12.7 Å². The molecule has 1 rings (SSSR count). The Morgan fingerprint density at radius 3 is 2.35 bits per heavy atom. The monoisotopic (exact) mass is 253 g/mol. The fourth-order valence-corrected chi connectivity index (χ4v) is 1.63. The summed E-state index contributed by atoms with van der Waals surface area (Å²) in [7, 11) is -1.25. The fraction of sp³-hybridized carbons (Fsp3) is 0.182. The van der Waals surface area contributed by atoms with Crippen LogP contribution in [0.3, 0.4) is 0 Å². The van der Waals surface area contributed by atoms with Crippen molar-refractivity contribution in [2.24, 2.45) is 0 Å². The zero-order valence-corrected chi connectivity index (χ0v) is 10.2. The van der Waals surface area contributed by atoms with Crippen molar-refractivity contribution < 1.29 is 18.0 Å². The molecule has 0 N–H and O–H groups in total. The first kappa shape index (κ1) is 13.1. The maximum atomic E-state index is 11.6. The average molecular weight is 253 g/mol. The molecule has 0 fully saturated rings. The van der Waals surface area contributed by atoms with Crippen LogP contribution in [0.15, 0.2) is 24.3 Å². The fourth-order valence-electron chi connectivity index (χ4n) is 1.35. The molecule has 1 amide bonds. The van der Waals surface area contributed by atoms with Gasteiger partial charge >= 0.3 is 0 Å². The minimum Gasteiger partial charge on any atom is -0.308 e. The van der Waals surface area contributed by atoms with E-state index in [2.05, 4.69) is 0 Å². The van der Waals surface area contributed by atoms with Gasteiger partial charge < -0.3 is 4.90 Å². The van der Waals surface area contributed by atoms with E-state index in [-0.39, 0.29) is 0 Å². The first-order chi connectivity index (χ1) is 7.93. The van der Waals surface area contributed by atoms with Crippen LogP contribution < -0.4 is 4.90 Å². The van der Waals surface area contributed by atoms with Crippen molar-refractivity contribution >= 4 is 33.0 Å². The van der Waals surface area contributed by atoms with Crippen molar-refractivity contribution in [3.05, 3.63) is 29.8 Å². The van der Waals surface area contributed by atoms with Crippen LogP contribution in [0.4, 0.5) is 5.69 Å². The maximum Gasteiger partial charge on any atom is 0.299 e. The van der Waals surface area contributed by atoms with Crippen LogP contribution in [-0.2, 0) is 19.9 Å². The Morgan fingerprint density at radius 2 is 1.82 bits per heavy atom. The second-order valence-electron chi connectivity index (χ2n) is 3.39. The lowest BCUT2D eigenvalue weighted by molar-refractivity contribution is -0.132. The molecular formula is C11H11NO4S. The van der Waals surface area contributed by atoms with Crippen molar-refractivity contribution in [3.63, 3.8) is 0 Å². The Kier molecular flexibility index (Phi) is 4.17. The summed E-state index contributed by atoms with van der Waals surface area (Å²) < 4.78 is 20.6. The number of likely N-dealkylation sites (N-methyl/N-ethyl adjacent to an activating group) is 1. The largest absolute Gasteiger partial charge is 0.308 e. The van der Waals surface area contributed by atoms with Gasteiger partial charge in [-0.1, -0.05) is 18.2 Å². The first-order valence-corrected chi connectivity index (χ1v) is 5.88. The highest BCUT2D eigenvalue weighted by atomic mass is 32.2. The molecule has 0 unspecified atom stereocenters. The highest BCUT2D eigenvalue weighted by molar-refractivity contribution is 7.73. The first-order valence-electron chi connectivity index (χ1n) is 4.74. The third-order valence-electron chi connectivity index (χ3n) is 2.20. The summed E-state index contributed by atoms with van der Waals surface area (Å²) in [6, 6.07) is 7.00. The van der Waals surface area contributed by atoms with Gasteiger partial charge in [-0.25, -0.2) is 0 Å². The summed E-state index contributed by atoms with van der Waals surface area (Å²) in [6.07, 6.45) is 0. The van der Waals surface area contributed by atoms with E-state index in [1.165, 1.54) is 7.05 Å². The number of amides is 1. The molecule has 0 saturated carbocycles. The van der Waals surface area contributed by atoms with Gasteiger partial charge in [0.15, 0.2) is 0 Å². The summed E-state index contributed by atoms with van der Waals surface area (Å²) in [5, 5.41) is 0.358. The number of hydrogen-bond acceptors (Lipinski definition) is 4. The highest BCUT2D eigenvalue weighted by Gasteiger charge is 2.19. The van der Waals surface area contributed by atoms with Crippen LogP contribution >= 0.6 is 0 Å². The van der Waals surface area contributed by atoms with Crippen molar-refractivity contribution in [3.8, 4) is 0 Å². The Bertz CT molecular complexity index is 581. The number of carbonyl (C=O) groups is 2. The smallest absolute Gasteiger partial charge is 0.299 e. The lowest BCUT2D eigenvalue weighted by Crippen LogP contribution is -2.34. The third kappa shape index (κ3) is 3.25. The number of nitrogens with zero attached hydrogens (tertiary/aromatic N) is 1. The van der Waals surface area contributed by atoms with Gasteiger partial charge in [-0.15, -0.1) is 0 Å². The number of Topliss-reactive ketones (excluding diaryl/α,β-unsaturated/α-hetero) is 1. The molecule has 0 aliphatic heterocycles. The zero-order valence-electron chi connectivity index (χ0n) is 9.38. The summed E-state index contributed by atoms with van der Waals surface area (Å²) in [6.45, 7) is 1.79. The summed E-state index contributed by atoms with van der Waals surface area (Å²) in [5.74, 6) is -1.95. The minimum atomic E-state index is -2.67. The molecule has 0 atom stereocenters. The lowest BCUT2D eigenvalue weighted by atomic mass is 10.2. The second kappa shape index (κ2) is 5.40. The molecule has 0 aromatic heterocycles. The van der Waals surface area contributed by atoms with E-state index >= 15 is 0 Å². The van der Waals surface area contributed by atoms with Gasteiger partial charge in [-0.05, 0) is 18.6 Å². The minimum absolute atomic E-state index is 0.358. The molecule has 90 valence electrons. The number of para-hydroxylation sites is 1. The Balaban J connectivity index is 3.03. The number of anilines is 1. The standard InChI is InChI=1S/C11H11NO4S/c1-8-5-3-4-6-9(8)12(2)11(14)10(13)7-17(15)16/h3-7H,1-2H3. The summed E-state index contributed by atoms with van der Waals surface area (Å²) in [4.78, 5) is 24.0. The predicted molar refractivity (Wildman–Crippen MR) is 64.6 cm³/mol. The van der Waals surface area contributed by atoms with Crippen LogP contribution in [0.2, 0.25) is 0 Å². The Morgan fingerprint density at radius 1 is 1.24 bits per heavy atom. The summed E-state index contributed by atoms with van der Waals surface area (Å²) in [5.41, 5.74) is 1.38. The van der Waals surface area contributed by atoms with Crippen molar-refractivity contribution in [1.29, 1.82) is 0 Å². The number of carbonyl (C=O) groups excluding carboxylic acids is 2. The van der Waals surface area contributed by atoms with Gasteiger partial charge in [-0.2, -0.15) is 8.42 Å². The molecule has 0 radical (unpaired) electrons. The Labute approximate surface area is 100 Å². The van der Waals surface area contributed by atoms with Crippen molar-refractivity contribution in [1.82, 2.24) is 0 Å². The van der Waals surface area contributed by atoms with E-state index in [9.17, 15) is 18.0 Å². The van der Waals surface area contributed by atoms with E-state index in [1.54, 1.807) is 31.2 Å². The van der Waals surface area contributed by atoms with E-state index < -0.39 is 22.0 Å². The molecule has 0 aliphatic rings. The third-order valence-corrected chi connectivity index (χ3v) is 2.60. The number of aryl methyl sites for hydroxylation is 1. The second-order valence-corrected chi connectivity index (χ2v) is 4.15. The zero-order chi connectivity index (χ0) is 13.0. The molecule has 17 heavy (non-hydrogen) atoms. The molecule has 0 heterocycles. The van der Waals surface area contributed by atoms with Crippen molar-refractivity contribution in [2.75, 3.05) is 11.9 Å². The molecular weight excluding hydrogens is 242 g/mol. The molecule has 0 spiro atoms. The molecule has 6 heteroatoms. The van der Waals surface area contributed by atoms with Crippen molar-refractivity contribution in [2.45, 2.75) is 6.92 Å². The van der Waals surface area contributed by atoms with Crippen LogP contribution in [0, 0.1) is 6.92 Å². The van der Waals surface area contributed by atoms with Gasteiger partial charge in [0.05, 0.1) is 0 Å². The maximum absolute atomic E-state index is 11.6. The molecule has 1 aromatic rings. The van der Waals surface area contributed by atoms with E-state index in [4.69, 9.17) is 0 Å². The van der Waals surface area contributed by atoms with Gasteiger partial charge in [0.1, 0.15) is 5.37 Å². The van der Waals surface area contributed by atoms with Crippen LogP contribution in [-0.4, -0.2) is 32.5 Å². The normalized spacial score (nSPS) is 9.53. The SMILES string of the molecule is Cc1ccccc1N(C)C(=O)C(=O)C=S(=O)=O. The van der Waals surface area contributed by atoms with Gasteiger partial charge in [0.25, 0.3) is 11.7 Å². The number of ketones is 1. The van der Waals surface area contributed by atoms with Crippen LogP contribution in [0.25, 0.3) is 0 Å². The summed E-state index contributed by atoms with van der Waals surface area (Å²) >= 11 is 0. The van der Waals surface area contributed by atoms with Crippen LogP contribution in [0.1, 0.15) is 5.56 Å². The van der Waals surface area contributed by atoms with Gasteiger partial charge in [-0.3, -0.25) is 9.59 Å². The number of rotatable bonds is 3. The predicted octanol–water partition coefficient (Wildman–Crippen LogP) is 0.208. The van der Waals surface area contributed by atoms with Crippen LogP contribution in [0.5, 0.6) is 0 Å². The topological polar surface area (TPSA) is 71.5 Å². The Hall–Kier alpha value is -1.95.